The molecule has 0 aliphatic heterocycles. The van der Waals surface area contributed by atoms with Crippen LogP contribution in [-0.4, -0.2) is 31.1 Å². The second-order valence-electron chi connectivity index (χ2n) is 9.09. The number of nitrogens with one attached hydrogen (secondary N) is 1. The van der Waals surface area contributed by atoms with Crippen LogP contribution in [0.4, 0.5) is 0 Å². The van der Waals surface area contributed by atoms with Crippen molar-refractivity contribution in [1.29, 1.82) is 0 Å². The maximum absolute atomic E-state index is 12.7. The molecule has 2 unspecified atom stereocenters. The summed E-state index contributed by atoms with van der Waals surface area (Å²) in [4.78, 5) is 25.2. The van der Waals surface area contributed by atoms with E-state index in [1.165, 1.54) is 13.5 Å². The van der Waals surface area contributed by atoms with E-state index in [-0.39, 0.29) is 17.4 Å². The molecule has 0 heterocycles. The summed E-state index contributed by atoms with van der Waals surface area (Å²) in [6.45, 7) is 0.402. The zero-order valence-corrected chi connectivity index (χ0v) is 18.2. The fraction of sp³-hybridized carbons (Fsp3) is 0.636. The zero-order chi connectivity index (χ0) is 20.6. The van der Waals surface area contributed by atoms with Gasteiger partial charge in [0.25, 0.3) is 0 Å². The van der Waals surface area contributed by atoms with Crippen molar-refractivity contribution in [3.8, 4) is 5.75 Å². The lowest BCUT2D eigenvalue weighted by Crippen LogP contribution is -2.64. The molecule has 1 N–H and O–H groups in total. The van der Waals surface area contributed by atoms with Gasteiger partial charge in [-0.05, 0) is 75.0 Å². The van der Waals surface area contributed by atoms with Gasteiger partial charge in [0.1, 0.15) is 5.75 Å². The number of amides is 1. The average Bonchev–Trinajstić information content (AvgIpc) is 2.64. The Hall–Kier alpha value is -1.46. The maximum atomic E-state index is 12.7. The summed E-state index contributed by atoms with van der Waals surface area (Å²) in [6.07, 6.45) is 6.63. The summed E-state index contributed by atoms with van der Waals surface area (Å²) in [6, 6.07) is 5.08. The molecule has 5 rings (SSSR count). The Morgan fingerprint density at radius 2 is 1.90 bits per heavy atom. The normalized spacial score (nSPS) is 32.1. The second-order valence-corrected chi connectivity index (χ2v) is 9.93. The van der Waals surface area contributed by atoms with Gasteiger partial charge in [-0.1, -0.05) is 23.2 Å². The molecule has 0 aromatic heterocycles. The van der Waals surface area contributed by atoms with Gasteiger partial charge < -0.3 is 14.8 Å². The lowest BCUT2D eigenvalue weighted by Gasteiger charge is -2.60. The number of benzene rings is 1. The number of halogens is 2. The van der Waals surface area contributed by atoms with Crippen LogP contribution in [0.2, 0.25) is 10.0 Å². The molecule has 0 saturated heterocycles. The maximum Gasteiger partial charge on any atom is 0.311 e. The van der Waals surface area contributed by atoms with Crippen LogP contribution in [0.3, 0.4) is 0 Å². The Bertz CT molecular complexity index is 798. The fourth-order valence-electron chi connectivity index (χ4n) is 6.23. The number of carbonyl (C=O) groups excluding carboxylic acids is 2. The molecule has 158 valence electrons. The van der Waals surface area contributed by atoms with Gasteiger partial charge in [0.05, 0.1) is 24.2 Å². The molecule has 2 atom stereocenters. The molecule has 4 saturated carbocycles. The van der Waals surface area contributed by atoms with E-state index in [2.05, 4.69) is 5.32 Å². The molecule has 0 spiro atoms. The first-order valence-electron chi connectivity index (χ1n) is 10.3. The van der Waals surface area contributed by atoms with Crippen LogP contribution in [0.25, 0.3) is 0 Å². The minimum Gasteiger partial charge on any atom is -0.492 e. The van der Waals surface area contributed by atoms with Crippen molar-refractivity contribution >= 4 is 35.1 Å². The van der Waals surface area contributed by atoms with E-state index >= 15 is 0 Å². The highest BCUT2D eigenvalue weighted by Gasteiger charge is 2.61. The standard InChI is InChI=1S/C22H27Cl2NO4/c1-28-20(27)21-9-14-7-15(10-21)12-22(11-14,13-21)25-19(26)3-2-6-29-18-5-4-16(23)8-17(18)24/h4-5,8,14-15H,2-3,6-7,9-13H2,1H3,(H,25,26). The van der Waals surface area contributed by atoms with E-state index in [1.807, 2.05) is 0 Å². The van der Waals surface area contributed by atoms with Crippen LogP contribution in [0.5, 0.6) is 5.75 Å². The third kappa shape index (κ3) is 4.22. The lowest BCUT2D eigenvalue weighted by molar-refractivity contribution is -0.173. The zero-order valence-electron chi connectivity index (χ0n) is 16.6. The van der Waals surface area contributed by atoms with Gasteiger partial charge >= 0.3 is 5.97 Å². The molecular formula is C22H27Cl2NO4. The first-order valence-corrected chi connectivity index (χ1v) is 11.1. The van der Waals surface area contributed by atoms with Crippen LogP contribution in [0.15, 0.2) is 18.2 Å². The molecule has 5 nitrogen and oxygen atoms in total. The summed E-state index contributed by atoms with van der Waals surface area (Å²) in [7, 11) is 1.47. The Labute approximate surface area is 181 Å². The first kappa shape index (κ1) is 20.8. The van der Waals surface area contributed by atoms with E-state index in [0.717, 1.165) is 25.7 Å². The van der Waals surface area contributed by atoms with Crippen molar-refractivity contribution in [2.75, 3.05) is 13.7 Å². The van der Waals surface area contributed by atoms with E-state index in [0.29, 0.717) is 53.5 Å². The predicted molar refractivity (Wildman–Crippen MR) is 111 cm³/mol. The molecule has 4 aliphatic rings. The molecular weight excluding hydrogens is 413 g/mol. The van der Waals surface area contributed by atoms with Crippen LogP contribution in [-0.2, 0) is 14.3 Å². The topological polar surface area (TPSA) is 64.6 Å². The summed E-state index contributed by atoms with van der Waals surface area (Å²) in [5.41, 5.74) is -0.656. The minimum atomic E-state index is -0.402. The van der Waals surface area contributed by atoms with Crippen molar-refractivity contribution in [2.45, 2.75) is 56.9 Å². The fourth-order valence-corrected chi connectivity index (χ4v) is 6.69. The number of esters is 1. The average molecular weight is 440 g/mol. The molecule has 0 radical (unpaired) electrons. The Balaban J connectivity index is 1.31. The monoisotopic (exact) mass is 439 g/mol. The Kier molecular flexibility index (Phi) is 5.73. The van der Waals surface area contributed by atoms with E-state index in [1.54, 1.807) is 18.2 Å². The van der Waals surface area contributed by atoms with Gasteiger partial charge in [-0.25, -0.2) is 0 Å². The van der Waals surface area contributed by atoms with Gasteiger partial charge in [0, 0.05) is 17.0 Å². The SMILES string of the molecule is COC(=O)C12CC3CC(CC(NC(=O)CCCOc4ccc(Cl)cc4Cl)(C3)C1)C2. The smallest absolute Gasteiger partial charge is 0.311 e. The van der Waals surface area contributed by atoms with Crippen molar-refractivity contribution in [3.63, 3.8) is 0 Å². The summed E-state index contributed by atoms with van der Waals surface area (Å²) in [5.74, 6) is 1.51. The van der Waals surface area contributed by atoms with Crippen molar-refractivity contribution in [3.05, 3.63) is 28.2 Å². The van der Waals surface area contributed by atoms with Crippen molar-refractivity contribution < 1.29 is 19.1 Å². The largest absolute Gasteiger partial charge is 0.492 e. The highest BCUT2D eigenvalue weighted by Crippen LogP contribution is 2.62. The Morgan fingerprint density at radius 3 is 2.55 bits per heavy atom. The van der Waals surface area contributed by atoms with Crippen LogP contribution < -0.4 is 10.1 Å². The highest BCUT2D eigenvalue weighted by atomic mass is 35.5. The molecule has 1 amide bonds. The number of carbonyl (C=O) groups is 2. The third-order valence-electron chi connectivity index (χ3n) is 6.78. The number of rotatable bonds is 7. The van der Waals surface area contributed by atoms with Crippen molar-refractivity contribution in [1.82, 2.24) is 5.32 Å². The predicted octanol–water partition coefficient (Wildman–Crippen LogP) is 4.78. The van der Waals surface area contributed by atoms with Crippen LogP contribution >= 0.6 is 23.2 Å². The number of methoxy groups -OCH3 is 1. The number of ether oxygens (including phenoxy) is 2. The number of hydrogen-bond donors (Lipinski definition) is 1. The third-order valence-corrected chi connectivity index (χ3v) is 7.31. The quantitative estimate of drug-likeness (QED) is 0.490. The van der Waals surface area contributed by atoms with E-state index < -0.39 is 5.41 Å². The van der Waals surface area contributed by atoms with Gasteiger partial charge in [-0.2, -0.15) is 0 Å². The summed E-state index contributed by atoms with van der Waals surface area (Å²) in [5, 5.41) is 4.32. The molecule has 1 aromatic carbocycles. The first-order chi connectivity index (χ1) is 13.8. The van der Waals surface area contributed by atoms with Gasteiger partial charge in [0.15, 0.2) is 0 Å². The molecule has 4 fully saturated rings. The lowest BCUT2D eigenvalue weighted by atomic mass is 9.47. The van der Waals surface area contributed by atoms with Crippen molar-refractivity contribution in [2.24, 2.45) is 17.3 Å². The highest BCUT2D eigenvalue weighted by molar-refractivity contribution is 6.35. The molecule has 1 aromatic rings. The van der Waals surface area contributed by atoms with Crippen LogP contribution in [0.1, 0.15) is 51.4 Å². The van der Waals surface area contributed by atoms with Gasteiger partial charge in [0.2, 0.25) is 5.91 Å². The van der Waals surface area contributed by atoms with Gasteiger partial charge in [-0.15, -0.1) is 0 Å². The Morgan fingerprint density at radius 1 is 1.17 bits per heavy atom. The van der Waals surface area contributed by atoms with Crippen LogP contribution in [0, 0.1) is 17.3 Å². The molecule has 7 heteroatoms. The van der Waals surface area contributed by atoms with Gasteiger partial charge in [-0.3, -0.25) is 9.59 Å². The number of hydrogen-bond acceptors (Lipinski definition) is 4. The van der Waals surface area contributed by atoms with E-state index in [9.17, 15) is 9.59 Å². The summed E-state index contributed by atoms with van der Waals surface area (Å²) < 4.78 is 10.8. The molecule has 29 heavy (non-hydrogen) atoms. The second kappa shape index (κ2) is 7.99. The molecule has 4 bridgehead atoms. The molecule has 4 aliphatic carbocycles. The summed E-state index contributed by atoms with van der Waals surface area (Å²) >= 11 is 12.0. The van der Waals surface area contributed by atoms with E-state index in [4.69, 9.17) is 32.7 Å². The minimum absolute atomic E-state index is 0.0257.